The summed E-state index contributed by atoms with van der Waals surface area (Å²) >= 11 is 0. The SMILES string of the molecule is CCc1ccc(C=CC(=O)c2ccccc2N)cc1. The van der Waals surface area contributed by atoms with E-state index in [1.807, 2.05) is 30.3 Å². The van der Waals surface area contributed by atoms with Gasteiger partial charge in [0.1, 0.15) is 0 Å². The molecule has 0 aliphatic carbocycles. The smallest absolute Gasteiger partial charge is 0.187 e. The molecule has 0 aliphatic heterocycles. The van der Waals surface area contributed by atoms with E-state index in [-0.39, 0.29) is 5.78 Å². The molecule has 19 heavy (non-hydrogen) atoms. The van der Waals surface area contributed by atoms with Gasteiger partial charge in [0.25, 0.3) is 0 Å². The number of para-hydroxylation sites is 1. The van der Waals surface area contributed by atoms with E-state index in [1.54, 1.807) is 18.2 Å². The Morgan fingerprint density at radius 2 is 1.79 bits per heavy atom. The van der Waals surface area contributed by atoms with Gasteiger partial charge in [-0.25, -0.2) is 0 Å². The summed E-state index contributed by atoms with van der Waals surface area (Å²) in [5.41, 5.74) is 9.13. The summed E-state index contributed by atoms with van der Waals surface area (Å²) in [7, 11) is 0. The summed E-state index contributed by atoms with van der Waals surface area (Å²) in [4.78, 5) is 12.0. The van der Waals surface area contributed by atoms with Crippen LogP contribution in [0.2, 0.25) is 0 Å². The fourth-order valence-electron chi connectivity index (χ4n) is 1.85. The Bertz CT molecular complexity index is 597. The third-order valence-electron chi connectivity index (χ3n) is 3.04. The lowest BCUT2D eigenvalue weighted by molar-refractivity contribution is 0.104. The molecule has 2 nitrogen and oxygen atoms in total. The van der Waals surface area contributed by atoms with Crippen LogP contribution in [0.4, 0.5) is 5.69 Å². The van der Waals surface area contributed by atoms with Crippen molar-refractivity contribution >= 4 is 17.5 Å². The van der Waals surface area contributed by atoms with Crippen molar-refractivity contribution in [3.8, 4) is 0 Å². The van der Waals surface area contributed by atoms with Gasteiger partial charge in [0.15, 0.2) is 5.78 Å². The van der Waals surface area contributed by atoms with Crippen molar-refractivity contribution in [3.63, 3.8) is 0 Å². The van der Waals surface area contributed by atoms with Crippen molar-refractivity contribution in [3.05, 3.63) is 71.3 Å². The third-order valence-corrected chi connectivity index (χ3v) is 3.04. The van der Waals surface area contributed by atoms with Gasteiger partial charge in [-0.1, -0.05) is 49.4 Å². The van der Waals surface area contributed by atoms with Crippen LogP contribution in [0.25, 0.3) is 6.08 Å². The predicted octanol–water partition coefficient (Wildman–Crippen LogP) is 3.73. The molecule has 2 rings (SSSR count). The molecule has 0 bridgehead atoms. The van der Waals surface area contributed by atoms with Crippen LogP contribution in [0.15, 0.2) is 54.6 Å². The Morgan fingerprint density at radius 1 is 1.11 bits per heavy atom. The summed E-state index contributed by atoms with van der Waals surface area (Å²) in [5, 5.41) is 0. The van der Waals surface area contributed by atoms with Crippen molar-refractivity contribution in [2.24, 2.45) is 0 Å². The van der Waals surface area contributed by atoms with E-state index in [0.29, 0.717) is 11.3 Å². The van der Waals surface area contributed by atoms with Gasteiger partial charge in [-0.2, -0.15) is 0 Å². The van der Waals surface area contributed by atoms with Gasteiger partial charge in [0.2, 0.25) is 0 Å². The molecule has 0 aromatic heterocycles. The summed E-state index contributed by atoms with van der Waals surface area (Å²) in [6.07, 6.45) is 4.39. The fraction of sp³-hybridized carbons (Fsp3) is 0.118. The van der Waals surface area contributed by atoms with Crippen LogP contribution >= 0.6 is 0 Å². The second kappa shape index (κ2) is 6.01. The Hall–Kier alpha value is -2.35. The summed E-state index contributed by atoms with van der Waals surface area (Å²) in [5.74, 6) is -0.0716. The maximum Gasteiger partial charge on any atom is 0.187 e. The number of allylic oxidation sites excluding steroid dienone is 1. The molecule has 2 aromatic carbocycles. The van der Waals surface area contributed by atoms with Crippen LogP contribution in [-0.4, -0.2) is 5.78 Å². The number of hydrogen-bond donors (Lipinski definition) is 1. The second-order valence-electron chi connectivity index (χ2n) is 4.38. The molecule has 0 heterocycles. The molecule has 0 saturated heterocycles. The molecule has 0 fully saturated rings. The number of nitrogen functional groups attached to an aromatic ring is 1. The van der Waals surface area contributed by atoms with Crippen molar-refractivity contribution < 1.29 is 4.79 Å². The van der Waals surface area contributed by atoms with Gasteiger partial charge < -0.3 is 5.73 Å². The minimum Gasteiger partial charge on any atom is -0.398 e. The van der Waals surface area contributed by atoms with Gasteiger partial charge in [-0.05, 0) is 35.8 Å². The van der Waals surface area contributed by atoms with Gasteiger partial charge >= 0.3 is 0 Å². The molecule has 96 valence electrons. The van der Waals surface area contributed by atoms with Crippen LogP contribution in [0, 0.1) is 0 Å². The standard InChI is InChI=1S/C17H17NO/c1-2-13-7-9-14(10-8-13)11-12-17(19)15-5-3-4-6-16(15)18/h3-12H,2,18H2,1H3. The molecule has 2 N–H and O–H groups in total. The zero-order valence-corrected chi connectivity index (χ0v) is 11.0. The highest BCUT2D eigenvalue weighted by Crippen LogP contribution is 2.13. The normalized spacial score (nSPS) is 10.8. The Balaban J connectivity index is 2.14. The minimum atomic E-state index is -0.0716. The third kappa shape index (κ3) is 3.32. The molecule has 0 atom stereocenters. The number of ketones is 1. The van der Waals surface area contributed by atoms with Gasteiger partial charge in [0, 0.05) is 11.3 Å². The van der Waals surface area contributed by atoms with Crippen LogP contribution in [0.5, 0.6) is 0 Å². The van der Waals surface area contributed by atoms with E-state index < -0.39 is 0 Å². The van der Waals surface area contributed by atoms with E-state index in [9.17, 15) is 4.79 Å². The fourth-order valence-corrected chi connectivity index (χ4v) is 1.85. The number of carbonyl (C=O) groups excluding carboxylic acids is 1. The summed E-state index contributed by atoms with van der Waals surface area (Å²) in [6.45, 7) is 2.12. The average Bonchev–Trinajstić information content (AvgIpc) is 2.46. The Labute approximate surface area is 113 Å². The predicted molar refractivity (Wildman–Crippen MR) is 80.0 cm³/mol. The molecular weight excluding hydrogens is 234 g/mol. The molecule has 2 aromatic rings. The number of hydrogen-bond acceptors (Lipinski definition) is 2. The van der Waals surface area contributed by atoms with Gasteiger partial charge in [-0.15, -0.1) is 0 Å². The van der Waals surface area contributed by atoms with E-state index in [0.717, 1.165) is 12.0 Å². The molecule has 0 saturated carbocycles. The van der Waals surface area contributed by atoms with Crippen molar-refractivity contribution in [2.45, 2.75) is 13.3 Å². The van der Waals surface area contributed by atoms with E-state index >= 15 is 0 Å². The highest BCUT2D eigenvalue weighted by Gasteiger charge is 2.04. The van der Waals surface area contributed by atoms with Crippen LogP contribution in [0.3, 0.4) is 0 Å². The van der Waals surface area contributed by atoms with Gasteiger partial charge in [0.05, 0.1) is 0 Å². The number of rotatable bonds is 4. The van der Waals surface area contributed by atoms with E-state index in [4.69, 9.17) is 5.73 Å². The zero-order chi connectivity index (χ0) is 13.7. The largest absolute Gasteiger partial charge is 0.398 e. The van der Waals surface area contributed by atoms with E-state index in [2.05, 4.69) is 19.1 Å². The maximum atomic E-state index is 12.0. The van der Waals surface area contributed by atoms with Crippen LogP contribution < -0.4 is 5.73 Å². The summed E-state index contributed by atoms with van der Waals surface area (Å²) in [6, 6.07) is 15.3. The number of carbonyl (C=O) groups is 1. The topological polar surface area (TPSA) is 43.1 Å². The first-order valence-corrected chi connectivity index (χ1v) is 6.36. The molecule has 0 radical (unpaired) electrons. The molecule has 0 amide bonds. The monoisotopic (exact) mass is 251 g/mol. The molecule has 0 spiro atoms. The number of benzene rings is 2. The first-order valence-electron chi connectivity index (χ1n) is 6.36. The number of nitrogens with two attached hydrogens (primary N) is 1. The number of anilines is 1. The molecule has 2 heteroatoms. The maximum absolute atomic E-state index is 12.0. The Kier molecular flexibility index (Phi) is 4.14. The second-order valence-corrected chi connectivity index (χ2v) is 4.38. The molecule has 0 aliphatic rings. The minimum absolute atomic E-state index is 0.0716. The highest BCUT2D eigenvalue weighted by molar-refractivity contribution is 6.10. The summed E-state index contributed by atoms with van der Waals surface area (Å²) < 4.78 is 0. The van der Waals surface area contributed by atoms with Crippen LogP contribution in [-0.2, 0) is 6.42 Å². The van der Waals surface area contributed by atoms with E-state index in [1.165, 1.54) is 5.56 Å². The molecule has 0 unspecified atom stereocenters. The Morgan fingerprint density at radius 3 is 2.42 bits per heavy atom. The van der Waals surface area contributed by atoms with Crippen LogP contribution in [0.1, 0.15) is 28.4 Å². The first kappa shape index (κ1) is 13.1. The lowest BCUT2D eigenvalue weighted by Gasteiger charge is -2.00. The zero-order valence-electron chi connectivity index (χ0n) is 11.0. The quantitative estimate of drug-likeness (QED) is 0.511. The van der Waals surface area contributed by atoms with Crippen molar-refractivity contribution in [2.75, 3.05) is 5.73 Å². The number of aryl methyl sites for hydroxylation is 1. The van der Waals surface area contributed by atoms with Gasteiger partial charge in [-0.3, -0.25) is 4.79 Å². The van der Waals surface area contributed by atoms with Crippen molar-refractivity contribution in [1.29, 1.82) is 0 Å². The average molecular weight is 251 g/mol. The lowest BCUT2D eigenvalue weighted by Crippen LogP contribution is -1.99. The first-order chi connectivity index (χ1) is 9.20. The lowest BCUT2D eigenvalue weighted by atomic mass is 10.1. The molecular formula is C17H17NO. The highest BCUT2D eigenvalue weighted by atomic mass is 16.1. The van der Waals surface area contributed by atoms with Crippen molar-refractivity contribution in [1.82, 2.24) is 0 Å².